The van der Waals surface area contributed by atoms with Gasteiger partial charge in [0.1, 0.15) is 0 Å². The molecule has 0 bridgehead atoms. The Kier molecular flexibility index (Phi) is 4.87. The molecule has 0 heterocycles. The minimum absolute atomic E-state index is 0.106. The standard InChI is InChI=1S/C18H29NO/c1-18(2,3)17(20-5)16(19-4)15-11-9-14(10-12-15)13-7-6-8-13/h9-13,16-17,19H,6-8H2,1-5H3. The predicted molar refractivity (Wildman–Crippen MR) is 85.1 cm³/mol. The maximum Gasteiger partial charge on any atom is 0.0813 e. The molecular formula is C18H29NO. The zero-order valence-corrected chi connectivity index (χ0v) is 13.6. The van der Waals surface area contributed by atoms with Crippen LogP contribution in [0.3, 0.4) is 0 Å². The second-order valence-corrected chi connectivity index (χ2v) is 7.08. The molecular weight excluding hydrogens is 246 g/mol. The summed E-state index contributed by atoms with van der Waals surface area (Å²) < 4.78 is 5.77. The third-order valence-corrected chi connectivity index (χ3v) is 4.59. The van der Waals surface area contributed by atoms with Crippen LogP contribution >= 0.6 is 0 Å². The van der Waals surface area contributed by atoms with Gasteiger partial charge >= 0.3 is 0 Å². The predicted octanol–water partition coefficient (Wildman–Crippen LogP) is 4.28. The van der Waals surface area contributed by atoms with Crippen LogP contribution in [-0.4, -0.2) is 20.3 Å². The van der Waals surface area contributed by atoms with Crippen LogP contribution in [0.5, 0.6) is 0 Å². The van der Waals surface area contributed by atoms with Crippen molar-refractivity contribution >= 4 is 0 Å². The molecule has 1 N–H and O–H groups in total. The molecule has 1 aromatic carbocycles. The van der Waals surface area contributed by atoms with Crippen LogP contribution in [0.25, 0.3) is 0 Å². The molecule has 112 valence electrons. The Bertz CT molecular complexity index is 414. The summed E-state index contributed by atoms with van der Waals surface area (Å²) in [7, 11) is 3.82. The van der Waals surface area contributed by atoms with E-state index in [1.165, 1.54) is 30.4 Å². The highest BCUT2D eigenvalue weighted by Gasteiger charge is 2.32. The van der Waals surface area contributed by atoms with Crippen molar-refractivity contribution in [1.29, 1.82) is 0 Å². The quantitative estimate of drug-likeness (QED) is 0.866. The second kappa shape index (κ2) is 6.28. The molecule has 20 heavy (non-hydrogen) atoms. The highest BCUT2D eigenvalue weighted by Crippen LogP contribution is 2.37. The molecule has 2 nitrogen and oxygen atoms in total. The van der Waals surface area contributed by atoms with Gasteiger partial charge in [0.25, 0.3) is 0 Å². The molecule has 1 saturated carbocycles. The van der Waals surface area contributed by atoms with Gasteiger partial charge in [-0.05, 0) is 42.3 Å². The van der Waals surface area contributed by atoms with Gasteiger partial charge in [-0.15, -0.1) is 0 Å². The van der Waals surface area contributed by atoms with Crippen molar-refractivity contribution in [3.63, 3.8) is 0 Å². The van der Waals surface area contributed by atoms with E-state index in [1.807, 2.05) is 14.2 Å². The van der Waals surface area contributed by atoms with E-state index in [4.69, 9.17) is 4.74 Å². The fourth-order valence-corrected chi connectivity index (χ4v) is 3.20. The van der Waals surface area contributed by atoms with Gasteiger partial charge in [0.2, 0.25) is 0 Å². The van der Waals surface area contributed by atoms with Gasteiger partial charge in [-0.3, -0.25) is 0 Å². The Balaban J connectivity index is 2.18. The van der Waals surface area contributed by atoms with Crippen LogP contribution < -0.4 is 5.32 Å². The van der Waals surface area contributed by atoms with E-state index in [9.17, 15) is 0 Å². The first-order valence-corrected chi connectivity index (χ1v) is 7.77. The van der Waals surface area contributed by atoms with E-state index in [1.54, 1.807) is 0 Å². The maximum atomic E-state index is 5.77. The van der Waals surface area contributed by atoms with Crippen molar-refractivity contribution in [2.75, 3.05) is 14.2 Å². The summed E-state index contributed by atoms with van der Waals surface area (Å²) >= 11 is 0. The molecule has 2 unspecified atom stereocenters. The number of ether oxygens (including phenoxy) is 1. The summed E-state index contributed by atoms with van der Waals surface area (Å²) in [5.74, 6) is 0.804. The van der Waals surface area contributed by atoms with Gasteiger partial charge < -0.3 is 10.1 Å². The molecule has 0 saturated heterocycles. The van der Waals surface area contributed by atoms with Crippen LogP contribution in [0.4, 0.5) is 0 Å². The minimum atomic E-state index is 0.106. The molecule has 0 aliphatic heterocycles. The van der Waals surface area contributed by atoms with Crippen molar-refractivity contribution in [2.45, 2.75) is 58.1 Å². The molecule has 1 fully saturated rings. The number of hydrogen-bond donors (Lipinski definition) is 1. The summed E-state index contributed by atoms with van der Waals surface area (Å²) in [6.07, 6.45) is 4.26. The van der Waals surface area contributed by atoms with E-state index < -0.39 is 0 Å². The average molecular weight is 275 g/mol. The van der Waals surface area contributed by atoms with Gasteiger partial charge in [-0.2, -0.15) is 0 Å². The van der Waals surface area contributed by atoms with Crippen molar-refractivity contribution < 1.29 is 4.74 Å². The summed E-state index contributed by atoms with van der Waals surface area (Å²) in [4.78, 5) is 0. The van der Waals surface area contributed by atoms with Gasteiger partial charge in [0.15, 0.2) is 0 Å². The van der Waals surface area contributed by atoms with Gasteiger partial charge in [-0.1, -0.05) is 51.5 Å². The fraction of sp³-hybridized carbons (Fsp3) is 0.667. The van der Waals surface area contributed by atoms with Crippen LogP contribution in [0.2, 0.25) is 0 Å². The number of methoxy groups -OCH3 is 1. The highest BCUT2D eigenvalue weighted by atomic mass is 16.5. The SMILES string of the molecule is CNC(c1ccc(C2CCC2)cc1)C(OC)C(C)(C)C. The molecule has 1 aliphatic rings. The van der Waals surface area contributed by atoms with Crippen molar-refractivity contribution in [3.8, 4) is 0 Å². The van der Waals surface area contributed by atoms with Crippen molar-refractivity contribution in [2.24, 2.45) is 5.41 Å². The number of hydrogen-bond acceptors (Lipinski definition) is 2. The van der Waals surface area contributed by atoms with Crippen molar-refractivity contribution in [3.05, 3.63) is 35.4 Å². The summed E-state index contributed by atoms with van der Waals surface area (Å²) in [5.41, 5.74) is 2.92. The first-order chi connectivity index (χ1) is 9.47. The molecule has 0 amide bonds. The van der Waals surface area contributed by atoms with E-state index in [-0.39, 0.29) is 17.6 Å². The van der Waals surface area contributed by atoms with Gasteiger partial charge in [-0.25, -0.2) is 0 Å². The number of likely N-dealkylation sites (N-methyl/N-ethyl adjacent to an activating group) is 1. The third-order valence-electron chi connectivity index (χ3n) is 4.59. The van der Waals surface area contributed by atoms with E-state index in [2.05, 4.69) is 50.4 Å². The van der Waals surface area contributed by atoms with Crippen LogP contribution in [0.15, 0.2) is 24.3 Å². The molecule has 0 spiro atoms. The highest BCUT2D eigenvalue weighted by molar-refractivity contribution is 5.29. The van der Waals surface area contributed by atoms with Crippen molar-refractivity contribution in [1.82, 2.24) is 5.32 Å². The lowest BCUT2D eigenvalue weighted by Crippen LogP contribution is -2.40. The molecule has 0 aromatic heterocycles. The second-order valence-electron chi connectivity index (χ2n) is 7.08. The Labute approximate surface area is 123 Å². The summed E-state index contributed by atoms with van der Waals surface area (Å²) in [6.45, 7) is 6.69. The van der Waals surface area contributed by atoms with Crippen LogP contribution in [0.1, 0.15) is 63.1 Å². The average Bonchev–Trinajstić information content (AvgIpc) is 2.33. The Hall–Kier alpha value is -0.860. The smallest absolute Gasteiger partial charge is 0.0813 e. The van der Waals surface area contributed by atoms with Gasteiger partial charge in [0, 0.05) is 7.11 Å². The zero-order chi connectivity index (χ0) is 14.8. The molecule has 2 rings (SSSR count). The molecule has 1 aliphatic carbocycles. The van der Waals surface area contributed by atoms with E-state index >= 15 is 0 Å². The molecule has 0 radical (unpaired) electrons. The lowest BCUT2D eigenvalue weighted by molar-refractivity contribution is -0.0101. The first kappa shape index (κ1) is 15.5. The number of rotatable bonds is 5. The molecule has 1 aromatic rings. The minimum Gasteiger partial charge on any atom is -0.379 e. The maximum absolute atomic E-state index is 5.77. The lowest BCUT2D eigenvalue weighted by Gasteiger charge is -2.36. The van der Waals surface area contributed by atoms with Gasteiger partial charge in [0.05, 0.1) is 12.1 Å². The third kappa shape index (κ3) is 3.24. The monoisotopic (exact) mass is 275 g/mol. The summed E-state index contributed by atoms with van der Waals surface area (Å²) in [5, 5.41) is 3.43. The zero-order valence-electron chi connectivity index (χ0n) is 13.6. The van der Waals surface area contributed by atoms with Crippen LogP contribution in [0, 0.1) is 5.41 Å². The number of benzene rings is 1. The molecule has 2 atom stereocenters. The van der Waals surface area contributed by atoms with E-state index in [0.29, 0.717) is 0 Å². The lowest BCUT2D eigenvalue weighted by atomic mass is 9.78. The fourth-order valence-electron chi connectivity index (χ4n) is 3.20. The van der Waals surface area contributed by atoms with Crippen LogP contribution in [-0.2, 0) is 4.74 Å². The Morgan fingerprint density at radius 1 is 1.15 bits per heavy atom. The normalized spacial score (nSPS) is 19.4. The topological polar surface area (TPSA) is 21.3 Å². The number of nitrogens with one attached hydrogen (secondary N) is 1. The van der Waals surface area contributed by atoms with E-state index in [0.717, 1.165) is 5.92 Å². The summed E-state index contributed by atoms with van der Waals surface area (Å²) in [6, 6.07) is 9.38. The first-order valence-electron chi connectivity index (χ1n) is 7.77. The Morgan fingerprint density at radius 2 is 1.75 bits per heavy atom. The Morgan fingerprint density at radius 3 is 2.10 bits per heavy atom. The largest absolute Gasteiger partial charge is 0.379 e. The molecule has 2 heteroatoms.